The number of hydrogen-bond donors (Lipinski definition) is 2. The minimum atomic E-state index is -0.684. The van der Waals surface area contributed by atoms with Crippen LogP contribution in [-0.2, 0) is 0 Å². The van der Waals surface area contributed by atoms with E-state index in [1.165, 1.54) is 6.07 Å². The molecule has 0 saturated carbocycles. The number of nitrogens with zero attached hydrogens (tertiary/aromatic N) is 2. The molecule has 0 radical (unpaired) electrons. The van der Waals surface area contributed by atoms with Gasteiger partial charge in [0.1, 0.15) is 0 Å². The van der Waals surface area contributed by atoms with Gasteiger partial charge in [0.2, 0.25) is 0 Å². The zero-order valence-electron chi connectivity index (χ0n) is 10.5. The Bertz CT molecular complexity index is 518. The van der Waals surface area contributed by atoms with Gasteiger partial charge in [-0.05, 0) is 19.1 Å². The van der Waals surface area contributed by atoms with Crippen molar-refractivity contribution in [1.82, 2.24) is 10.2 Å². The van der Waals surface area contributed by atoms with Gasteiger partial charge < -0.3 is 15.3 Å². The molecule has 0 aliphatic carbocycles. The first-order valence-corrected chi connectivity index (χ1v) is 5.99. The number of benzene rings is 1. The molecule has 0 aromatic heterocycles. The number of nitro benzene ring substituents is 1. The number of piperazine rings is 1. The first-order chi connectivity index (χ1) is 8.99. The minimum Gasteiger partial charge on any atom is -0.502 e. The molecule has 1 fully saturated rings. The maximum absolute atomic E-state index is 12.2. The van der Waals surface area contributed by atoms with Gasteiger partial charge in [0.05, 0.1) is 4.92 Å². The molecule has 0 bridgehead atoms. The zero-order chi connectivity index (χ0) is 14.0. The highest BCUT2D eigenvalue weighted by atomic mass is 16.6. The van der Waals surface area contributed by atoms with Gasteiger partial charge in [-0.1, -0.05) is 0 Å². The van der Waals surface area contributed by atoms with Crippen molar-refractivity contribution in [3.63, 3.8) is 0 Å². The van der Waals surface area contributed by atoms with Gasteiger partial charge in [-0.3, -0.25) is 14.9 Å². The van der Waals surface area contributed by atoms with Crippen molar-refractivity contribution in [3.8, 4) is 5.75 Å². The van der Waals surface area contributed by atoms with Gasteiger partial charge in [-0.2, -0.15) is 0 Å². The Labute approximate surface area is 110 Å². The van der Waals surface area contributed by atoms with Gasteiger partial charge in [-0.25, -0.2) is 0 Å². The number of nitrogens with one attached hydrogen (secondary N) is 1. The lowest BCUT2D eigenvalue weighted by Gasteiger charge is -2.31. The van der Waals surface area contributed by atoms with Crippen LogP contribution < -0.4 is 5.32 Å². The topological polar surface area (TPSA) is 95.7 Å². The highest BCUT2D eigenvalue weighted by molar-refractivity contribution is 5.95. The summed E-state index contributed by atoms with van der Waals surface area (Å²) < 4.78 is 0. The van der Waals surface area contributed by atoms with Gasteiger partial charge in [0.15, 0.2) is 5.75 Å². The molecule has 1 amide bonds. The summed E-state index contributed by atoms with van der Waals surface area (Å²) in [5.74, 6) is -0.711. The number of amides is 1. The average Bonchev–Trinajstić information content (AvgIpc) is 2.37. The fourth-order valence-corrected chi connectivity index (χ4v) is 2.11. The van der Waals surface area contributed by atoms with E-state index in [-0.39, 0.29) is 17.5 Å². The number of phenols is 1. The molecule has 2 N–H and O–H groups in total. The maximum Gasteiger partial charge on any atom is 0.310 e. The van der Waals surface area contributed by atoms with Crippen LogP contribution in [0, 0.1) is 10.1 Å². The fraction of sp³-hybridized carbons (Fsp3) is 0.417. The SMILES string of the molecule is C[C@@H]1CN(C(=O)c2ccc([N+](=O)[O-])c(O)c2)CCN1. The Balaban J connectivity index is 2.19. The molecule has 1 heterocycles. The average molecular weight is 265 g/mol. The second-order valence-corrected chi connectivity index (χ2v) is 4.57. The van der Waals surface area contributed by atoms with Crippen molar-refractivity contribution in [2.75, 3.05) is 19.6 Å². The summed E-state index contributed by atoms with van der Waals surface area (Å²) in [5, 5.41) is 23.3. The van der Waals surface area contributed by atoms with E-state index < -0.39 is 16.4 Å². The molecular weight excluding hydrogens is 250 g/mol. The molecule has 0 spiro atoms. The molecule has 1 atom stereocenters. The van der Waals surface area contributed by atoms with Gasteiger partial charge in [-0.15, -0.1) is 0 Å². The second kappa shape index (κ2) is 5.23. The normalized spacial score (nSPS) is 19.2. The van der Waals surface area contributed by atoms with E-state index in [1.807, 2.05) is 6.92 Å². The number of nitro groups is 1. The van der Waals surface area contributed by atoms with Crippen molar-refractivity contribution in [2.24, 2.45) is 0 Å². The van der Waals surface area contributed by atoms with E-state index >= 15 is 0 Å². The molecule has 7 heteroatoms. The summed E-state index contributed by atoms with van der Waals surface area (Å²) in [6, 6.07) is 3.87. The van der Waals surface area contributed by atoms with Crippen LogP contribution in [0.15, 0.2) is 18.2 Å². The van der Waals surface area contributed by atoms with Crippen LogP contribution in [0.1, 0.15) is 17.3 Å². The Morgan fingerprint density at radius 1 is 1.58 bits per heavy atom. The van der Waals surface area contributed by atoms with Crippen LogP contribution in [0.25, 0.3) is 0 Å². The van der Waals surface area contributed by atoms with Crippen molar-refractivity contribution in [3.05, 3.63) is 33.9 Å². The van der Waals surface area contributed by atoms with Crippen LogP contribution in [-0.4, -0.2) is 46.5 Å². The number of phenolic OH excluding ortho intramolecular Hbond substituents is 1. The molecule has 1 aromatic carbocycles. The van der Waals surface area contributed by atoms with Crippen LogP contribution in [0.4, 0.5) is 5.69 Å². The third-order valence-corrected chi connectivity index (χ3v) is 3.08. The third-order valence-electron chi connectivity index (χ3n) is 3.08. The Kier molecular flexibility index (Phi) is 3.66. The zero-order valence-corrected chi connectivity index (χ0v) is 10.5. The highest BCUT2D eigenvalue weighted by Crippen LogP contribution is 2.26. The van der Waals surface area contributed by atoms with Crippen LogP contribution in [0.5, 0.6) is 5.75 Å². The van der Waals surface area contributed by atoms with E-state index in [0.29, 0.717) is 19.6 Å². The molecule has 2 rings (SSSR count). The van der Waals surface area contributed by atoms with E-state index in [2.05, 4.69) is 5.32 Å². The first kappa shape index (κ1) is 13.3. The van der Waals surface area contributed by atoms with E-state index in [9.17, 15) is 20.0 Å². The molecule has 102 valence electrons. The Morgan fingerprint density at radius 3 is 2.89 bits per heavy atom. The van der Waals surface area contributed by atoms with Crippen molar-refractivity contribution < 1.29 is 14.8 Å². The molecular formula is C12H15N3O4. The molecule has 1 aromatic rings. The van der Waals surface area contributed by atoms with E-state index in [4.69, 9.17) is 0 Å². The number of carbonyl (C=O) groups is 1. The van der Waals surface area contributed by atoms with Crippen molar-refractivity contribution >= 4 is 11.6 Å². The molecule has 7 nitrogen and oxygen atoms in total. The number of carbonyl (C=O) groups excluding carboxylic acids is 1. The summed E-state index contributed by atoms with van der Waals surface area (Å²) in [4.78, 5) is 23.8. The lowest BCUT2D eigenvalue weighted by atomic mass is 10.1. The first-order valence-electron chi connectivity index (χ1n) is 5.99. The largest absolute Gasteiger partial charge is 0.502 e. The highest BCUT2D eigenvalue weighted by Gasteiger charge is 2.23. The molecule has 0 unspecified atom stereocenters. The summed E-state index contributed by atoms with van der Waals surface area (Å²) >= 11 is 0. The quantitative estimate of drug-likeness (QED) is 0.607. The summed E-state index contributed by atoms with van der Waals surface area (Å²) in [5.41, 5.74) is -0.137. The number of hydrogen-bond acceptors (Lipinski definition) is 5. The summed E-state index contributed by atoms with van der Waals surface area (Å²) in [6.45, 7) is 3.86. The van der Waals surface area contributed by atoms with E-state index in [1.54, 1.807) is 4.90 Å². The Morgan fingerprint density at radius 2 is 2.32 bits per heavy atom. The lowest BCUT2D eigenvalue weighted by Crippen LogP contribution is -2.51. The van der Waals surface area contributed by atoms with Gasteiger partial charge >= 0.3 is 5.69 Å². The molecule has 1 aliphatic rings. The second-order valence-electron chi connectivity index (χ2n) is 4.57. The molecule has 1 aliphatic heterocycles. The van der Waals surface area contributed by atoms with Crippen LogP contribution in [0.2, 0.25) is 0 Å². The van der Waals surface area contributed by atoms with Crippen molar-refractivity contribution in [1.29, 1.82) is 0 Å². The third kappa shape index (κ3) is 2.82. The lowest BCUT2D eigenvalue weighted by molar-refractivity contribution is -0.385. The van der Waals surface area contributed by atoms with Crippen LogP contribution in [0.3, 0.4) is 0 Å². The molecule has 1 saturated heterocycles. The predicted octanol–water partition coefficient (Wildman–Crippen LogP) is 0.734. The van der Waals surface area contributed by atoms with Gasteiger partial charge in [0, 0.05) is 37.3 Å². The van der Waals surface area contributed by atoms with Gasteiger partial charge in [0.25, 0.3) is 5.91 Å². The Hall–Kier alpha value is -2.15. The minimum absolute atomic E-state index is 0.212. The maximum atomic E-state index is 12.2. The van der Waals surface area contributed by atoms with E-state index in [0.717, 1.165) is 12.1 Å². The standard InChI is InChI=1S/C12H15N3O4/c1-8-7-14(5-4-13-8)12(17)9-2-3-10(15(18)19)11(16)6-9/h2-3,6,8,13,16H,4-5,7H2,1H3/t8-/m1/s1. The summed E-state index contributed by atoms with van der Waals surface area (Å²) in [7, 11) is 0. The monoisotopic (exact) mass is 265 g/mol. The van der Waals surface area contributed by atoms with Crippen LogP contribution >= 0.6 is 0 Å². The van der Waals surface area contributed by atoms with Crippen molar-refractivity contribution in [2.45, 2.75) is 13.0 Å². The number of aromatic hydroxyl groups is 1. The number of rotatable bonds is 2. The fourth-order valence-electron chi connectivity index (χ4n) is 2.11. The predicted molar refractivity (Wildman–Crippen MR) is 68.1 cm³/mol. The summed E-state index contributed by atoms with van der Waals surface area (Å²) in [6.07, 6.45) is 0. The molecule has 19 heavy (non-hydrogen) atoms. The smallest absolute Gasteiger partial charge is 0.310 e.